The molecule has 5 heteroatoms. The highest BCUT2D eigenvalue weighted by molar-refractivity contribution is 5.23. The van der Waals surface area contributed by atoms with Crippen molar-refractivity contribution >= 4 is 5.82 Å². The number of nitrogens with two attached hydrogens (primary N) is 1. The average molecular weight is 183 g/mol. The van der Waals surface area contributed by atoms with Gasteiger partial charge in [-0.15, -0.1) is 0 Å². The minimum Gasteiger partial charge on any atom is -0.382 e. The van der Waals surface area contributed by atoms with Gasteiger partial charge >= 0.3 is 0 Å². The van der Waals surface area contributed by atoms with E-state index in [0.717, 1.165) is 0 Å². The smallest absolute Gasteiger partial charge is 0.145 e. The molecule has 72 valence electrons. The van der Waals surface area contributed by atoms with E-state index in [1.165, 1.54) is 0 Å². The first-order chi connectivity index (χ1) is 6.34. The predicted molar refractivity (Wildman–Crippen MR) is 47.2 cm³/mol. The van der Waals surface area contributed by atoms with E-state index in [-0.39, 0.29) is 6.10 Å². The van der Waals surface area contributed by atoms with E-state index in [2.05, 4.69) is 5.10 Å². The van der Waals surface area contributed by atoms with Gasteiger partial charge in [-0.3, -0.25) is 4.68 Å². The average Bonchev–Trinajstić information content (AvgIpc) is 2.53. The first-order valence-corrected chi connectivity index (χ1v) is 4.33. The SMILES string of the molecule is Nc1ccn(CC2COCCO2)n1. The van der Waals surface area contributed by atoms with Crippen molar-refractivity contribution in [1.82, 2.24) is 9.78 Å². The van der Waals surface area contributed by atoms with Gasteiger partial charge in [0.2, 0.25) is 0 Å². The summed E-state index contributed by atoms with van der Waals surface area (Å²) in [6, 6.07) is 1.77. The third-order valence-corrected chi connectivity index (χ3v) is 1.94. The van der Waals surface area contributed by atoms with Gasteiger partial charge in [-0.1, -0.05) is 0 Å². The Morgan fingerprint density at radius 2 is 2.54 bits per heavy atom. The van der Waals surface area contributed by atoms with Gasteiger partial charge in [0.1, 0.15) is 11.9 Å². The summed E-state index contributed by atoms with van der Waals surface area (Å²) in [4.78, 5) is 0. The number of nitrogen functional groups attached to an aromatic ring is 1. The van der Waals surface area contributed by atoms with Crippen molar-refractivity contribution in [2.75, 3.05) is 25.6 Å². The van der Waals surface area contributed by atoms with Gasteiger partial charge in [0.05, 0.1) is 26.4 Å². The van der Waals surface area contributed by atoms with Crippen LogP contribution in [0.1, 0.15) is 0 Å². The monoisotopic (exact) mass is 183 g/mol. The number of aromatic nitrogens is 2. The summed E-state index contributed by atoms with van der Waals surface area (Å²) in [6.45, 7) is 2.70. The molecule has 1 unspecified atom stereocenters. The van der Waals surface area contributed by atoms with Gasteiger partial charge in [-0.2, -0.15) is 5.10 Å². The van der Waals surface area contributed by atoms with E-state index in [1.807, 2.05) is 6.20 Å². The molecule has 1 aliphatic rings. The number of hydrogen-bond donors (Lipinski definition) is 1. The van der Waals surface area contributed by atoms with Crippen molar-refractivity contribution in [2.45, 2.75) is 12.6 Å². The van der Waals surface area contributed by atoms with E-state index in [1.54, 1.807) is 10.7 Å². The summed E-state index contributed by atoms with van der Waals surface area (Å²) in [7, 11) is 0. The standard InChI is InChI=1S/C8H13N3O2/c9-8-1-2-11(10-8)5-7-6-12-3-4-13-7/h1-2,7H,3-6H2,(H2,9,10). The van der Waals surface area contributed by atoms with Crippen LogP contribution in [0.25, 0.3) is 0 Å². The number of hydrogen-bond acceptors (Lipinski definition) is 4. The Kier molecular flexibility index (Phi) is 2.47. The molecule has 0 spiro atoms. The molecule has 2 heterocycles. The molecule has 0 bridgehead atoms. The highest BCUT2D eigenvalue weighted by atomic mass is 16.6. The van der Waals surface area contributed by atoms with Crippen LogP contribution in [0.5, 0.6) is 0 Å². The number of anilines is 1. The van der Waals surface area contributed by atoms with Crippen molar-refractivity contribution < 1.29 is 9.47 Å². The molecule has 1 fully saturated rings. The number of nitrogens with zero attached hydrogens (tertiary/aromatic N) is 2. The lowest BCUT2D eigenvalue weighted by molar-refractivity contribution is -0.0946. The van der Waals surface area contributed by atoms with Gasteiger partial charge in [-0.25, -0.2) is 0 Å². The molecule has 0 amide bonds. The van der Waals surface area contributed by atoms with Gasteiger partial charge < -0.3 is 15.2 Å². The topological polar surface area (TPSA) is 62.3 Å². The first kappa shape index (κ1) is 8.52. The summed E-state index contributed by atoms with van der Waals surface area (Å²) in [5.74, 6) is 0.539. The van der Waals surface area contributed by atoms with E-state index in [9.17, 15) is 0 Å². The molecule has 0 aliphatic carbocycles. The minimum absolute atomic E-state index is 0.105. The molecule has 1 saturated heterocycles. The lowest BCUT2D eigenvalue weighted by Crippen LogP contribution is -2.32. The zero-order valence-electron chi connectivity index (χ0n) is 7.35. The van der Waals surface area contributed by atoms with E-state index < -0.39 is 0 Å². The molecule has 0 radical (unpaired) electrons. The molecular formula is C8H13N3O2. The fourth-order valence-corrected chi connectivity index (χ4v) is 1.33. The van der Waals surface area contributed by atoms with Crippen molar-refractivity contribution in [1.29, 1.82) is 0 Å². The van der Waals surface area contributed by atoms with E-state index in [0.29, 0.717) is 32.2 Å². The van der Waals surface area contributed by atoms with Gasteiger partial charge in [0.25, 0.3) is 0 Å². The third-order valence-electron chi connectivity index (χ3n) is 1.94. The molecule has 2 N–H and O–H groups in total. The van der Waals surface area contributed by atoms with Crippen molar-refractivity contribution in [3.05, 3.63) is 12.3 Å². The van der Waals surface area contributed by atoms with Crippen molar-refractivity contribution in [2.24, 2.45) is 0 Å². The number of ether oxygens (including phenoxy) is 2. The lowest BCUT2D eigenvalue weighted by Gasteiger charge is -2.22. The Bertz CT molecular complexity index is 268. The van der Waals surface area contributed by atoms with Crippen molar-refractivity contribution in [3.8, 4) is 0 Å². The second kappa shape index (κ2) is 3.76. The molecule has 1 aromatic heterocycles. The molecule has 13 heavy (non-hydrogen) atoms. The van der Waals surface area contributed by atoms with Crippen LogP contribution in [0.15, 0.2) is 12.3 Å². The minimum atomic E-state index is 0.105. The Morgan fingerprint density at radius 1 is 1.62 bits per heavy atom. The zero-order valence-corrected chi connectivity index (χ0v) is 7.35. The molecule has 5 nitrogen and oxygen atoms in total. The first-order valence-electron chi connectivity index (χ1n) is 4.33. The second-order valence-corrected chi connectivity index (χ2v) is 3.03. The van der Waals surface area contributed by atoms with Crippen LogP contribution in [-0.2, 0) is 16.0 Å². The van der Waals surface area contributed by atoms with Crippen LogP contribution in [-0.4, -0.2) is 35.7 Å². The normalized spacial score (nSPS) is 23.2. The van der Waals surface area contributed by atoms with E-state index in [4.69, 9.17) is 15.2 Å². The molecule has 1 atom stereocenters. The maximum atomic E-state index is 5.48. The zero-order chi connectivity index (χ0) is 9.10. The van der Waals surface area contributed by atoms with Crippen molar-refractivity contribution in [3.63, 3.8) is 0 Å². The highest BCUT2D eigenvalue weighted by Crippen LogP contribution is 2.04. The molecule has 1 aromatic rings. The largest absolute Gasteiger partial charge is 0.382 e. The molecule has 1 aliphatic heterocycles. The van der Waals surface area contributed by atoms with Crippen LogP contribution in [0.3, 0.4) is 0 Å². The van der Waals surface area contributed by atoms with E-state index >= 15 is 0 Å². The Hall–Kier alpha value is -1.07. The molecule has 0 saturated carbocycles. The van der Waals surface area contributed by atoms with Crippen LogP contribution in [0.2, 0.25) is 0 Å². The third kappa shape index (κ3) is 2.19. The summed E-state index contributed by atoms with van der Waals surface area (Å²) in [6.07, 6.45) is 1.95. The van der Waals surface area contributed by atoms with Gasteiger partial charge in [0.15, 0.2) is 0 Å². The quantitative estimate of drug-likeness (QED) is 0.694. The Morgan fingerprint density at radius 3 is 3.15 bits per heavy atom. The number of rotatable bonds is 2. The van der Waals surface area contributed by atoms with Crippen LogP contribution >= 0.6 is 0 Å². The molecule has 0 aromatic carbocycles. The second-order valence-electron chi connectivity index (χ2n) is 3.03. The predicted octanol–water partition coefficient (Wildman–Crippen LogP) is -0.119. The summed E-state index contributed by atoms with van der Waals surface area (Å²) >= 11 is 0. The van der Waals surface area contributed by atoms with Gasteiger partial charge in [-0.05, 0) is 6.07 Å². The highest BCUT2D eigenvalue weighted by Gasteiger charge is 2.14. The molecule has 2 rings (SSSR count). The summed E-state index contributed by atoms with van der Waals surface area (Å²) in [5.41, 5.74) is 5.48. The Balaban J connectivity index is 1.89. The molecular weight excluding hydrogens is 170 g/mol. The van der Waals surface area contributed by atoms with Crippen LogP contribution in [0, 0.1) is 0 Å². The fraction of sp³-hybridized carbons (Fsp3) is 0.625. The maximum Gasteiger partial charge on any atom is 0.145 e. The van der Waals surface area contributed by atoms with Crippen LogP contribution < -0.4 is 5.73 Å². The van der Waals surface area contributed by atoms with Crippen LogP contribution in [0.4, 0.5) is 5.82 Å². The fourth-order valence-electron chi connectivity index (χ4n) is 1.33. The summed E-state index contributed by atoms with van der Waals surface area (Å²) < 4.78 is 12.5. The summed E-state index contributed by atoms with van der Waals surface area (Å²) in [5, 5.41) is 4.06. The Labute approximate surface area is 76.4 Å². The van der Waals surface area contributed by atoms with Gasteiger partial charge in [0, 0.05) is 6.20 Å². The maximum absolute atomic E-state index is 5.48. The lowest BCUT2D eigenvalue weighted by atomic mass is 10.3.